The van der Waals surface area contributed by atoms with Crippen LogP contribution in [0.4, 0.5) is 4.39 Å². The fourth-order valence-corrected chi connectivity index (χ4v) is 2.32. The molecule has 0 aromatic carbocycles. The van der Waals surface area contributed by atoms with Crippen LogP contribution in [0.3, 0.4) is 0 Å². The van der Waals surface area contributed by atoms with Gasteiger partial charge in [0.15, 0.2) is 0 Å². The van der Waals surface area contributed by atoms with Crippen molar-refractivity contribution in [3.8, 4) is 0 Å². The fourth-order valence-electron chi connectivity index (χ4n) is 1.81. The van der Waals surface area contributed by atoms with Crippen LogP contribution in [0.5, 0.6) is 0 Å². The standard InChI is InChI=1S/C7H7Cl3FNO2/c8-7(9,10)6-12-2-3(11)1-4(12)5(13)14-6/h3-4,6H,1-2H2/t3-,4+,6?/m0/s1. The van der Waals surface area contributed by atoms with Gasteiger partial charge in [0.05, 0.1) is 0 Å². The van der Waals surface area contributed by atoms with Crippen molar-refractivity contribution in [1.29, 1.82) is 0 Å². The first-order valence-corrected chi connectivity index (χ1v) is 5.20. The normalized spacial score (nSPS) is 38.6. The molecule has 3 nitrogen and oxygen atoms in total. The first kappa shape index (κ1) is 10.7. The number of alkyl halides is 4. The van der Waals surface area contributed by atoms with E-state index in [0.29, 0.717) is 0 Å². The molecule has 1 unspecified atom stereocenters. The second-order valence-electron chi connectivity index (χ2n) is 3.38. The summed E-state index contributed by atoms with van der Waals surface area (Å²) in [5, 5.41) is 0. The maximum atomic E-state index is 13.0. The summed E-state index contributed by atoms with van der Waals surface area (Å²) in [5.41, 5.74) is 0. The van der Waals surface area contributed by atoms with Crippen molar-refractivity contribution in [2.24, 2.45) is 0 Å². The minimum Gasteiger partial charge on any atom is -0.440 e. The lowest BCUT2D eigenvalue weighted by atomic mass is 10.2. The zero-order chi connectivity index (χ0) is 10.5. The molecule has 3 atom stereocenters. The molecule has 0 aromatic rings. The highest BCUT2D eigenvalue weighted by molar-refractivity contribution is 6.68. The van der Waals surface area contributed by atoms with Crippen LogP contribution in [-0.4, -0.2) is 39.6 Å². The number of carbonyl (C=O) groups excluding carboxylic acids is 1. The molecule has 2 heterocycles. The SMILES string of the molecule is O=C1OC(C(Cl)(Cl)Cl)N2C[C@@H](F)C[C@H]12. The predicted octanol–water partition coefficient (Wildman–Crippen LogP) is 1.65. The smallest absolute Gasteiger partial charge is 0.325 e. The summed E-state index contributed by atoms with van der Waals surface area (Å²) in [6.07, 6.45) is -1.90. The lowest BCUT2D eigenvalue weighted by Gasteiger charge is -2.25. The van der Waals surface area contributed by atoms with Gasteiger partial charge in [-0.25, -0.2) is 9.29 Å². The van der Waals surface area contributed by atoms with E-state index in [1.807, 2.05) is 0 Å². The van der Waals surface area contributed by atoms with Gasteiger partial charge in [-0.05, 0) is 0 Å². The third-order valence-corrected chi connectivity index (χ3v) is 2.93. The van der Waals surface area contributed by atoms with Gasteiger partial charge in [0.1, 0.15) is 12.2 Å². The molecule has 0 N–H and O–H groups in total. The predicted molar refractivity (Wildman–Crippen MR) is 50.2 cm³/mol. The Morgan fingerprint density at radius 1 is 1.50 bits per heavy atom. The highest BCUT2D eigenvalue weighted by atomic mass is 35.6. The number of hydrogen-bond donors (Lipinski definition) is 0. The second-order valence-corrected chi connectivity index (χ2v) is 5.75. The van der Waals surface area contributed by atoms with Gasteiger partial charge >= 0.3 is 5.97 Å². The van der Waals surface area contributed by atoms with Gasteiger partial charge in [0.2, 0.25) is 10.0 Å². The van der Waals surface area contributed by atoms with E-state index in [1.165, 1.54) is 4.90 Å². The lowest BCUT2D eigenvalue weighted by molar-refractivity contribution is -0.143. The lowest BCUT2D eigenvalue weighted by Crippen LogP contribution is -2.41. The minimum atomic E-state index is -1.73. The molecule has 0 saturated carbocycles. The quantitative estimate of drug-likeness (QED) is 0.491. The average molecular weight is 262 g/mol. The maximum Gasteiger partial charge on any atom is 0.325 e. The molecule has 0 aromatic heterocycles. The number of halogens is 4. The van der Waals surface area contributed by atoms with Crippen LogP contribution in [0.25, 0.3) is 0 Å². The number of hydrogen-bond acceptors (Lipinski definition) is 3. The summed E-state index contributed by atoms with van der Waals surface area (Å²) in [6, 6.07) is -0.592. The van der Waals surface area contributed by atoms with Crippen LogP contribution in [0.15, 0.2) is 0 Å². The first-order valence-electron chi connectivity index (χ1n) is 4.06. The Hall–Kier alpha value is 0.230. The molecule has 0 radical (unpaired) electrons. The summed E-state index contributed by atoms with van der Waals surface area (Å²) >= 11 is 16.8. The number of cyclic esters (lactones) is 1. The van der Waals surface area contributed by atoms with Crippen LogP contribution in [0.1, 0.15) is 6.42 Å². The number of fused-ring (bicyclic) bond motifs is 1. The van der Waals surface area contributed by atoms with Crippen molar-refractivity contribution in [2.75, 3.05) is 6.54 Å². The van der Waals surface area contributed by atoms with Gasteiger partial charge in [0, 0.05) is 13.0 Å². The zero-order valence-corrected chi connectivity index (χ0v) is 9.19. The van der Waals surface area contributed by atoms with Crippen molar-refractivity contribution in [3.05, 3.63) is 0 Å². The Bertz CT molecular complexity index is 270. The van der Waals surface area contributed by atoms with Crippen LogP contribution >= 0.6 is 34.8 Å². The molecule has 2 aliphatic rings. The Balaban J connectivity index is 2.20. The zero-order valence-electron chi connectivity index (χ0n) is 6.92. The molecule has 2 rings (SSSR count). The van der Waals surface area contributed by atoms with Crippen LogP contribution in [-0.2, 0) is 9.53 Å². The number of nitrogens with zero attached hydrogens (tertiary/aromatic N) is 1. The number of esters is 1. The van der Waals surface area contributed by atoms with Gasteiger partial charge in [-0.15, -0.1) is 0 Å². The molecule has 14 heavy (non-hydrogen) atoms. The third-order valence-electron chi connectivity index (χ3n) is 2.37. The monoisotopic (exact) mass is 261 g/mol. The largest absolute Gasteiger partial charge is 0.440 e. The van der Waals surface area contributed by atoms with E-state index in [9.17, 15) is 9.18 Å². The van der Waals surface area contributed by atoms with Crippen LogP contribution < -0.4 is 0 Å². The fraction of sp³-hybridized carbons (Fsp3) is 0.857. The summed E-state index contributed by atoms with van der Waals surface area (Å²) in [4.78, 5) is 12.7. The second kappa shape index (κ2) is 3.37. The van der Waals surface area contributed by atoms with Gasteiger partial charge in [-0.2, -0.15) is 0 Å². The van der Waals surface area contributed by atoms with E-state index in [2.05, 4.69) is 0 Å². The molecule has 0 bridgehead atoms. The van der Waals surface area contributed by atoms with Gasteiger partial charge in [-0.1, -0.05) is 34.8 Å². The summed E-state index contributed by atoms with van der Waals surface area (Å²) < 4.78 is 16.1. The van der Waals surface area contributed by atoms with Crippen molar-refractivity contribution in [3.63, 3.8) is 0 Å². The Labute approximate surface area is 95.0 Å². The maximum absolute atomic E-state index is 13.0. The summed E-state index contributed by atoms with van der Waals surface area (Å²) in [5.74, 6) is -0.513. The molecule has 80 valence electrons. The molecule has 2 aliphatic heterocycles. The van der Waals surface area contributed by atoms with Crippen molar-refractivity contribution >= 4 is 40.8 Å². The molecule has 2 fully saturated rings. The Morgan fingerprint density at radius 3 is 2.71 bits per heavy atom. The molecular formula is C7H7Cl3FNO2. The average Bonchev–Trinajstić information content (AvgIpc) is 2.49. The summed E-state index contributed by atoms with van der Waals surface area (Å²) in [7, 11) is 0. The molecule has 7 heteroatoms. The molecule has 0 spiro atoms. The van der Waals surface area contributed by atoms with Crippen LogP contribution in [0.2, 0.25) is 0 Å². The highest BCUT2D eigenvalue weighted by Gasteiger charge is 2.55. The Morgan fingerprint density at radius 2 is 2.14 bits per heavy atom. The number of ether oxygens (including phenoxy) is 1. The molecule has 2 saturated heterocycles. The third kappa shape index (κ3) is 1.69. The van der Waals surface area contributed by atoms with Crippen molar-refractivity contribution in [2.45, 2.75) is 28.7 Å². The van der Waals surface area contributed by atoms with E-state index < -0.39 is 28.2 Å². The Kier molecular flexibility index (Phi) is 2.59. The van der Waals surface area contributed by atoms with E-state index in [4.69, 9.17) is 39.5 Å². The minimum absolute atomic E-state index is 0.0784. The van der Waals surface area contributed by atoms with Gasteiger partial charge in [0.25, 0.3) is 0 Å². The number of rotatable bonds is 0. The highest BCUT2D eigenvalue weighted by Crippen LogP contribution is 2.41. The molecule has 0 amide bonds. The first-order chi connectivity index (χ1) is 6.39. The van der Waals surface area contributed by atoms with Gasteiger partial charge in [-0.3, -0.25) is 4.79 Å². The molecule has 0 aliphatic carbocycles. The van der Waals surface area contributed by atoms with Gasteiger partial charge < -0.3 is 4.74 Å². The topological polar surface area (TPSA) is 29.5 Å². The summed E-state index contributed by atoms with van der Waals surface area (Å²) in [6.45, 7) is 0.0784. The van der Waals surface area contributed by atoms with E-state index >= 15 is 0 Å². The van der Waals surface area contributed by atoms with E-state index in [0.717, 1.165) is 0 Å². The van der Waals surface area contributed by atoms with E-state index in [1.54, 1.807) is 0 Å². The van der Waals surface area contributed by atoms with Crippen molar-refractivity contribution < 1.29 is 13.9 Å². The number of carbonyl (C=O) groups is 1. The van der Waals surface area contributed by atoms with Crippen molar-refractivity contribution in [1.82, 2.24) is 4.90 Å². The van der Waals surface area contributed by atoms with E-state index in [-0.39, 0.29) is 13.0 Å². The molecular weight excluding hydrogens is 255 g/mol. The van der Waals surface area contributed by atoms with Crippen LogP contribution in [0, 0.1) is 0 Å².